The number of amides is 2. The summed E-state index contributed by atoms with van der Waals surface area (Å²) in [4.78, 5) is 25.9. The molecular formula is C29H44N4O4S. The molecule has 1 aromatic heterocycles. The number of hydrogen-bond donors (Lipinski definition) is 3. The quantitative estimate of drug-likeness (QED) is 0.320. The Bertz CT molecular complexity index is 994. The lowest BCUT2D eigenvalue weighted by Crippen LogP contribution is -2.52. The van der Waals surface area contributed by atoms with Gasteiger partial charge in [0.2, 0.25) is 6.41 Å². The van der Waals surface area contributed by atoms with E-state index in [4.69, 9.17) is 4.52 Å². The number of nitrogens with one attached hydrogen (secondary N) is 2. The van der Waals surface area contributed by atoms with Crippen LogP contribution in [-0.4, -0.2) is 70.6 Å². The van der Waals surface area contributed by atoms with E-state index >= 15 is 0 Å². The van der Waals surface area contributed by atoms with Crippen molar-refractivity contribution >= 4 is 24.1 Å². The molecule has 0 bridgehead atoms. The molecule has 0 radical (unpaired) electrons. The summed E-state index contributed by atoms with van der Waals surface area (Å²) in [5, 5.41) is 20.6. The van der Waals surface area contributed by atoms with E-state index in [0.717, 1.165) is 29.8 Å². The normalized spacial score (nSPS) is 21.3. The van der Waals surface area contributed by atoms with Gasteiger partial charge in [0.1, 0.15) is 5.76 Å². The highest BCUT2D eigenvalue weighted by atomic mass is 32.2. The van der Waals surface area contributed by atoms with E-state index in [2.05, 4.69) is 20.7 Å². The van der Waals surface area contributed by atoms with E-state index in [1.807, 2.05) is 51.1 Å². The number of likely N-dealkylation sites (tertiary alicyclic amines) is 1. The molecule has 2 fully saturated rings. The molecule has 9 heteroatoms. The predicted octanol–water partition coefficient (Wildman–Crippen LogP) is 4.28. The number of piperidine rings is 1. The van der Waals surface area contributed by atoms with Gasteiger partial charge in [0.25, 0.3) is 5.91 Å². The topological polar surface area (TPSA) is 108 Å². The Labute approximate surface area is 231 Å². The summed E-state index contributed by atoms with van der Waals surface area (Å²) in [6, 6.07) is 11.3. The third-order valence-electron chi connectivity index (χ3n) is 7.13. The average molecular weight is 545 g/mol. The molecule has 2 amide bonds. The molecule has 0 unspecified atom stereocenters. The van der Waals surface area contributed by atoms with Gasteiger partial charge in [-0.2, -0.15) is 0 Å². The maximum absolute atomic E-state index is 12.7. The summed E-state index contributed by atoms with van der Waals surface area (Å²) in [5.41, 5.74) is 0.185. The van der Waals surface area contributed by atoms with Crippen LogP contribution in [0.3, 0.4) is 0 Å². The fraction of sp³-hybridized carbons (Fsp3) is 0.621. The minimum Gasteiger partial charge on any atom is -0.390 e. The van der Waals surface area contributed by atoms with Crippen LogP contribution in [0.2, 0.25) is 0 Å². The fourth-order valence-corrected chi connectivity index (χ4v) is 6.11. The predicted molar refractivity (Wildman–Crippen MR) is 151 cm³/mol. The number of carbonyl (C=O) groups is 2. The molecule has 4 rings (SSSR count). The average Bonchev–Trinajstić information content (AvgIpc) is 3.33. The van der Waals surface area contributed by atoms with E-state index in [0.29, 0.717) is 24.5 Å². The van der Waals surface area contributed by atoms with Gasteiger partial charge in [-0.3, -0.25) is 9.59 Å². The number of carbonyl (C=O) groups excluding carboxylic acids is 2. The maximum atomic E-state index is 12.7. The standard InChI is InChI=1S/C24H33N3O3S.C5H11NO/c1-17-13-21(26-30-17)24(29)25-22(16-31-20-9-3-2-4-10-20)23(28)15-27-12-11-18-7-5-6-8-19(18)14-27;1-5(2,3)6-4-7/h2-4,9-10,13,18-19,22-23,28H,5-8,11-12,14-16H2,1H3,(H,25,29);4H,1-3H3,(H,6,7)/t18-,19+,22-,23+;/m0./s1. The molecule has 2 heterocycles. The van der Waals surface area contributed by atoms with Gasteiger partial charge in [0.15, 0.2) is 5.69 Å². The van der Waals surface area contributed by atoms with Crippen molar-refractivity contribution in [2.24, 2.45) is 11.8 Å². The SMILES string of the molecule is CC(C)(C)NC=O.Cc1cc(C(=O)N[C@@H](CSc2ccccc2)[C@H](O)CN2CC[C@@H]3CCCC[C@@H]3C2)no1. The number of rotatable bonds is 9. The summed E-state index contributed by atoms with van der Waals surface area (Å²) >= 11 is 1.64. The van der Waals surface area contributed by atoms with Gasteiger partial charge in [0.05, 0.1) is 12.1 Å². The molecule has 8 nitrogen and oxygen atoms in total. The molecule has 2 aromatic rings. The minimum atomic E-state index is -0.645. The number of nitrogens with zero attached hydrogens (tertiary/aromatic N) is 2. The summed E-state index contributed by atoms with van der Waals surface area (Å²) in [6.07, 6.45) is 6.67. The van der Waals surface area contributed by atoms with Gasteiger partial charge in [-0.1, -0.05) is 42.6 Å². The molecular weight excluding hydrogens is 500 g/mol. The van der Waals surface area contributed by atoms with Gasteiger partial charge >= 0.3 is 0 Å². The Balaban J connectivity index is 0.000000505. The van der Waals surface area contributed by atoms with Crippen LogP contribution in [0, 0.1) is 18.8 Å². The highest BCUT2D eigenvalue weighted by molar-refractivity contribution is 7.99. The van der Waals surface area contributed by atoms with Gasteiger partial charge in [-0.05, 0) is 71.0 Å². The van der Waals surface area contributed by atoms with Gasteiger partial charge in [-0.15, -0.1) is 11.8 Å². The van der Waals surface area contributed by atoms with Crippen molar-refractivity contribution in [3.8, 4) is 0 Å². The summed E-state index contributed by atoms with van der Waals surface area (Å²) in [7, 11) is 0. The fourth-order valence-electron chi connectivity index (χ4n) is 5.08. The number of hydrogen-bond acceptors (Lipinski definition) is 7. The molecule has 210 valence electrons. The van der Waals surface area contributed by atoms with Crippen molar-refractivity contribution in [2.45, 2.75) is 82.4 Å². The van der Waals surface area contributed by atoms with Crippen LogP contribution in [0.4, 0.5) is 0 Å². The van der Waals surface area contributed by atoms with Crippen LogP contribution >= 0.6 is 11.8 Å². The molecule has 3 N–H and O–H groups in total. The monoisotopic (exact) mass is 544 g/mol. The highest BCUT2D eigenvalue weighted by Gasteiger charge is 2.33. The van der Waals surface area contributed by atoms with Crippen LogP contribution in [-0.2, 0) is 4.79 Å². The molecule has 1 saturated heterocycles. The van der Waals surface area contributed by atoms with E-state index in [1.165, 1.54) is 32.1 Å². The zero-order valence-electron chi connectivity index (χ0n) is 23.2. The summed E-state index contributed by atoms with van der Waals surface area (Å²) < 4.78 is 5.04. The minimum absolute atomic E-state index is 0.0677. The van der Waals surface area contributed by atoms with Crippen LogP contribution in [0.5, 0.6) is 0 Å². The van der Waals surface area contributed by atoms with Gasteiger partial charge in [0, 0.05) is 35.3 Å². The third-order valence-corrected chi connectivity index (χ3v) is 8.26. The van der Waals surface area contributed by atoms with Gasteiger partial charge < -0.3 is 25.2 Å². The number of aliphatic hydroxyl groups is 1. The summed E-state index contributed by atoms with van der Waals surface area (Å²) in [6.45, 7) is 10.2. The van der Waals surface area contributed by atoms with Crippen molar-refractivity contribution in [3.63, 3.8) is 0 Å². The van der Waals surface area contributed by atoms with Crippen molar-refractivity contribution in [2.75, 3.05) is 25.4 Å². The first-order chi connectivity index (χ1) is 18.1. The zero-order chi connectivity index (χ0) is 27.5. The third kappa shape index (κ3) is 10.1. The Morgan fingerprint density at radius 3 is 2.53 bits per heavy atom. The number of fused-ring (bicyclic) bond motifs is 1. The van der Waals surface area contributed by atoms with Crippen LogP contribution < -0.4 is 10.6 Å². The molecule has 1 aliphatic carbocycles. The molecule has 38 heavy (non-hydrogen) atoms. The van der Waals surface area contributed by atoms with Crippen LogP contribution in [0.15, 0.2) is 45.8 Å². The van der Waals surface area contributed by atoms with Crippen molar-refractivity contribution in [1.29, 1.82) is 0 Å². The number of aliphatic hydroxyl groups excluding tert-OH is 1. The lowest BCUT2D eigenvalue weighted by Gasteiger charge is -2.42. The second kappa shape index (κ2) is 14.7. The first-order valence-corrected chi connectivity index (χ1v) is 14.7. The lowest BCUT2D eigenvalue weighted by molar-refractivity contribution is -0.110. The smallest absolute Gasteiger partial charge is 0.273 e. The molecule has 0 spiro atoms. The van der Waals surface area contributed by atoms with Crippen LogP contribution in [0.25, 0.3) is 0 Å². The first kappa shape index (κ1) is 30.2. The number of benzene rings is 1. The second-order valence-corrected chi connectivity index (χ2v) is 12.6. The first-order valence-electron chi connectivity index (χ1n) is 13.7. The second-order valence-electron chi connectivity index (χ2n) is 11.5. The Kier molecular flexibility index (Phi) is 11.7. The number of β-amino-alcohol motifs (C(OH)–C–C–N with tert-alkyl or cyclic N) is 1. The number of thioether (sulfide) groups is 1. The Morgan fingerprint density at radius 2 is 1.92 bits per heavy atom. The summed E-state index contributed by atoms with van der Waals surface area (Å²) in [5.74, 6) is 2.51. The van der Waals surface area contributed by atoms with Crippen LogP contribution in [0.1, 0.15) is 69.1 Å². The zero-order valence-corrected chi connectivity index (χ0v) is 24.0. The van der Waals surface area contributed by atoms with Crippen molar-refractivity contribution in [3.05, 3.63) is 47.9 Å². The number of aromatic nitrogens is 1. The molecule has 1 aromatic carbocycles. The maximum Gasteiger partial charge on any atom is 0.273 e. The Hall–Kier alpha value is -2.36. The van der Waals surface area contributed by atoms with E-state index in [-0.39, 0.29) is 23.2 Å². The largest absolute Gasteiger partial charge is 0.390 e. The van der Waals surface area contributed by atoms with Gasteiger partial charge in [-0.25, -0.2) is 0 Å². The highest BCUT2D eigenvalue weighted by Crippen LogP contribution is 2.36. The van der Waals surface area contributed by atoms with Crippen molar-refractivity contribution in [1.82, 2.24) is 20.7 Å². The molecule has 1 saturated carbocycles. The van der Waals surface area contributed by atoms with Crippen molar-refractivity contribution < 1.29 is 19.2 Å². The molecule has 1 aliphatic heterocycles. The lowest BCUT2D eigenvalue weighted by atomic mass is 9.75. The van der Waals surface area contributed by atoms with E-state index < -0.39 is 6.10 Å². The Morgan fingerprint density at radius 1 is 1.21 bits per heavy atom. The molecule has 2 aliphatic rings. The number of aryl methyl sites for hydroxylation is 1. The van der Waals surface area contributed by atoms with E-state index in [1.54, 1.807) is 24.8 Å². The van der Waals surface area contributed by atoms with E-state index in [9.17, 15) is 14.7 Å². The molecule has 4 atom stereocenters.